The van der Waals surface area contributed by atoms with Gasteiger partial charge in [0.2, 0.25) is 5.88 Å². The fraction of sp³-hybridized carbons (Fsp3) is 0.200. The highest BCUT2D eigenvalue weighted by Crippen LogP contribution is 2.48. The van der Waals surface area contributed by atoms with Crippen LogP contribution in [-0.4, -0.2) is 19.6 Å². The SMILES string of the molecule is CC(C)(C)c1nc2c3c(ncn2n1)Oc1c(c(=O)oc2ccccc12)C3c1ccc(F)cc1. The molecule has 0 bridgehead atoms. The molecule has 0 spiro atoms. The van der Waals surface area contributed by atoms with E-state index in [1.54, 1.807) is 35.1 Å². The lowest BCUT2D eigenvalue weighted by Gasteiger charge is -2.27. The number of nitrogens with zero attached hydrogens (tertiary/aromatic N) is 4. The Morgan fingerprint density at radius 3 is 2.55 bits per heavy atom. The van der Waals surface area contributed by atoms with E-state index in [0.29, 0.717) is 50.8 Å². The second-order valence-corrected chi connectivity index (χ2v) is 9.13. The lowest BCUT2D eigenvalue weighted by molar-refractivity contribution is 0.422. The van der Waals surface area contributed by atoms with Crippen molar-refractivity contribution in [3.8, 4) is 11.6 Å². The topological polar surface area (TPSA) is 82.5 Å². The molecule has 0 fully saturated rings. The summed E-state index contributed by atoms with van der Waals surface area (Å²) < 4.78 is 27.2. The number of fused-ring (bicyclic) bond motifs is 6. The molecular formula is C25H19FN4O3. The van der Waals surface area contributed by atoms with E-state index in [1.807, 2.05) is 32.9 Å². The Kier molecular flexibility index (Phi) is 3.99. The minimum absolute atomic E-state index is 0.299. The quantitative estimate of drug-likeness (QED) is 0.335. The second kappa shape index (κ2) is 6.71. The van der Waals surface area contributed by atoms with Gasteiger partial charge in [-0.05, 0) is 29.8 Å². The molecule has 1 aliphatic rings. The largest absolute Gasteiger partial charge is 0.437 e. The Morgan fingerprint density at radius 1 is 1.03 bits per heavy atom. The number of hydrogen-bond acceptors (Lipinski definition) is 6. The molecule has 6 rings (SSSR count). The van der Waals surface area contributed by atoms with Gasteiger partial charge in [0.05, 0.1) is 22.4 Å². The van der Waals surface area contributed by atoms with Crippen LogP contribution in [0.4, 0.5) is 4.39 Å². The van der Waals surface area contributed by atoms with Gasteiger partial charge in [-0.1, -0.05) is 45.0 Å². The maximum absolute atomic E-state index is 13.8. The molecule has 1 aliphatic heterocycles. The second-order valence-electron chi connectivity index (χ2n) is 9.13. The molecule has 0 saturated heterocycles. The lowest BCUT2D eigenvalue weighted by Crippen LogP contribution is -2.22. The summed E-state index contributed by atoms with van der Waals surface area (Å²) in [6, 6.07) is 13.2. The van der Waals surface area contributed by atoms with Crippen LogP contribution in [0.2, 0.25) is 0 Å². The van der Waals surface area contributed by atoms with E-state index < -0.39 is 11.5 Å². The molecule has 0 amide bonds. The van der Waals surface area contributed by atoms with Crippen molar-refractivity contribution < 1.29 is 13.5 Å². The lowest BCUT2D eigenvalue weighted by atomic mass is 9.84. The van der Waals surface area contributed by atoms with E-state index in [1.165, 1.54) is 12.1 Å². The van der Waals surface area contributed by atoms with Crippen molar-refractivity contribution in [2.45, 2.75) is 32.1 Å². The van der Waals surface area contributed by atoms with E-state index in [0.717, 1.165) is 0 Å². The molecule has 1 atom stereocenters. The predicted molar refractivity (Wildman–Crippen MR) is 119 cm³/mol. The van der Waals surface area contributed by atoms with Crippen LogP contribution < -0.4 is 10.4 Å². The number of para-hydroxylation sites is 1. The summed E-state index contributed by atoms with van der Waals surface area (Å²) in [7, 11) is 0. The molecule has 4 heterocycles. The van der Waals surface area contributed by atoms with Crippen molar-refractivity contribution in [1.82, 2.24) is 19.6 Å². The third-order valence-corrected chi connectivity index (χ3v) is 5.84. The monoisotopic (exact) mass is 442 g/mol. The van der Waals surface area contributed by atoms with E-state index in [9.17, 15) is 9.18 Å². The molecule has 0 N–H and O–H groups in total. The van der Waals surface area contributed by atoms with Crippen LogP contribution in [0.25, 0.3) is 16.6 Å². The molecule has 8 heteroatoms. The maximum atomic E-state index is 13.8. The molecule has 33 heavy (non-hydrogen) atoms. The van der Waals surface area contributed by atoms with Crippen LogP contribution in [0, 0.1) is 5.82 Å². The number of benzene rings is 2. The fourth-order valence-corrected chi connectivity index (χ4v) is 4.24. The Balaban J connectivity index is 1.72. The number of ether oxygens (including phenoxy) is 1. The summed E-state index contributed by atoms with van der Waals surface area (Å²) in [5, 5.41) is 5.24. The zero-order valence-corrected chi connectivity index (χ0v) is 18.2. The van der Waals surface area contributed by atoms with Gasteiger partial charge < -0.3 is 9.15 Å². The van der Waals surface area contributed by atoms with Crippen molar-refractivity contribution in [3.63, 3.8) is 0 Å². The summed E-state index contributed by atoms with van der Waals surface area (Å²) in [5.41, 5.74) is 1.72. The van der Waals surface area contributed by atoms with Gasteiger partial charge in [-0.25, -0.2) is 23.7 Å². The zero-order chi connectivity index (χ0) is 22.9. The molecular weight excluding hydrogens is 423 g/mol. The van der Waals surface area contributed by atoms with Crippen LogP contribution in [0.5, 0.6) is 11.6 Å². The average Bonchev–Trinajstić information content (AvgIpc) is 3.24. The molecule has 7 nitrogen and oxygen atoms in total. The van der Waals surface area contributed by atoms with Crippen molar-refractivity contribution in [1.29, 1.82) is 0 Å². The molecule has 3 aromatic heterocycles. The molecule has 164 valence electrons. The fourth-order valence-electron chi connectivity index (χ4n) is 4.24. The van der Waals surface area contributed by atoms with Crippen LogP contribution in [0.1, 0.15) is 49.2 Å². The number of rotatable bonds is 1. The third kappa shape index (κ3) is 2.94. The van der Waals surface area contributed by atoms with Crippen LogP contribution >= 0.6 is 0 Å². The van der Waals surface area contributed by atoms with Gasteiger partial charge in [0.15, 0.2) is 17.2 Å². The number of halogens is 1. The van der Waals surface area contributed by atoms with Gasteiger partial charge in [0.1, 0.15) is 17.7 Å². The first kappa shape index (κ1) is 19.6. The maximum Gasteiger partial charge on any atom is 0.344 e. The Labute approximate surface area is 187 Å². The van der Waals surface area contributed by atoms with Gasteiger partial charge in [-0.2, -0.15) is 0 Å². The Hall–Kier alpha value is -4.07. The first-order valence-corrected chi connectivity index (χ1v) is 10.6. The summed E-state index contributed by atoms with van der Waals surface area (Å²) in [4.78, 5) is 22.5. The molecule has 0 saturated carbocycles. The number of hydrogen-bond donors (Lipinski definition) is 0. The molecule has 2 aromatic carbocycles. The van der Waals surface area contributed by atoms with E-state index in [4.69, 9.17) is 14.1 Å². The van der Waals surface area contributed by atoms with Gasteiger partial charge in [0.25, 0.3) is 0 Å². The average molecular weight is 442 g/mol. The molecule has 0 radical (unpaired) electrons. The minimum atomic E-state index is -0.626. The van der Waals surface area contributed by atoms with E-state index in [2.05, 4.69) is 10.1 Å². The highest BCUT2D eigenvalue weighted by atomic mass is 19.1. The van der Waals surface area contributed by atoms with Crippen molar-refractivity contribution in [2.24, 2.45) is 0 Å². The van der Waals surface area contributed by atoms with Gasteiger partial charge in [-0.15, -0.1) is 5.10 Å². The van der Waals surface area contributed by atoms with Gasteiger partial charge in [0, 0.05) is 5.41 Å². The number of aromatic nitrogens is 4. The first-order chi connectivity index (χ1) is 15.8. The van der Waals surface area contributed by atoms with Crippen LogP contribution in [0.3, 0.4) is 0 Å². The summed E-state index contributed by atoms with van der Waals surface area (Å²) in [6.07, 6.45) is 1.55. The standard InChI is InChI=1S/C25H19FN4O3/c1-25(2,3)24-28-21-19-17(13-8-10-14(26)11-9-13)18-20(33-22(19)27-12-30(21)29-24)15-6-4-5-7-16(15)32-23(18)31/h4-12,17H,1-3H3. The highest BCUT2D eigenvalue weighted by molar-refractivity contribution is 5.86. The zero-order valence-electron chi connectivity index (χ0n) is 18.2. The van der Waals surface area contributed by atoms with Crippen molar-refractivity contribution >= 4 is 16.6 Å². The third-order valence-electron chi connectivity index (χ3n) is 5.84. The minimum Gasteiger partial charge on any atom is -0.437 e. The van der Waals surface area contributed by atoms with Gasteiger partial charge >= 0.3 is 5.63 Å². The van der Waals surface area contributed by atoms with Gasteiger partial charge in [-0.3, -0.25) is 0 Å². The van der Waals surface area contributed by atoms with E-state index in [-0.39, 0.29) is 11.2 Å². The summed E-state index contributed by atoms with van der Waals surface area (Å²) in [6.45, 7) is 6.06. The van der Waals surface area contributed by atoms with Crippen LogP contribution in [0.15, 0.2) is 64.1 Å². The highest BCUT2D eigenvalue weighted by Gasteiger charge is 2.38. The summed E-state index contributed by atoms with van der Waals surface area (Å²) >= 11 is 0. The van der Waals surface area contributed by atoms with Crippen molar-refractivity contribution in [2.75, 3.05) is 0 Å². The normalized spacial score (nSPS) is 15.3. The van der Waals surface area contributed by atoms with Crippen molar-refractivity contribution in [3.05, 3.63) is 93.6 Å². The Bertz CT molecular complexity index is 1610. The molecule has 1 unspecified atom stereocenters. The molecule has 5 aromatic rings. The summed E-state index contributed by atoms with van der Waals surface area (Å²) in [5.74, 6) is 0.347. The Morgan fingerprint density at radius 2 is 1.79 bits per heavy atom. The first-order valence-electron chi connectivity index (χ1n) is 10.6. The van der Waals surface area contributed by atoms with E-state index >= 15 is 0 Å². The predicted octanol–water partition coefficient (Wildman–Crippen LogP) is 4.95. The molecule has 0 aliphatic carbocycles. The van der Waals surface area contributed by atoms with Crippen LogP contribution in [-0.2, 0) is 5.41 Å². The smallest absolute Gasteiger partial charge is 0.344 e.